The zero-order valence-electron chi connectivity index (χ0n) is 18.6. The first kappa shape index (κ1) is 24.2. The average Bonchev–Trinajstić information content (AvgIpc) is 2.82. The Morgan fingerprint density at radius 3 is 2.56 bits per heavy atom. The molecule has 1 aliphatic rings. The molecule has 0 bridgehead atoms. The molecule has 0 aliphatic carbocycles. The molecule has 0 saturated carbocycles. The molecule has 1 atom stereocenters. The predicted molar refractivity (Wildman–Crippen MR) is 123 cm³/mol. The van der Waals surface area contributed by atoms with E-state index in [1.807, 2.05) is 23.1 Å². The van der Waals surface area contributed by atoms with Gasteiger partial charge < -0.3 is 14.5 Å². The van der Waals surface area contributed by atoms with Gasteiger partial charge in [-0.25, -0.2) is 9.37 Å². The maximum absolute atomic E-state index is 13.3. The SMILES string of the molecule is COCC(=O)N(C)[C@H](Cc1ccc(F)cc1)C1CCN(C(=O)CSc2ccccn2)CC1. The third kappa shape index (κ3) is 6.77. The van der Waals surface area contributed by atoms with Gasteiger partial charge in [-0.05, 0) is 55.0 Å². The van der Waals surface area contributed by atoms with E-state index >= 15 is 0 Å². The number of likely N-dealkylation sites (tertiary alicyclic amines) is 1. The molecule has 2 amide bonds. The van der Waals surface area contributed by atoms with Gasteiger partial charge in [-0.15, -0.1) is 0 Å². The summed E-state index contributed by atoms with van der Waals surface area (Å²) in [5, 5.41) is 0.841. The molecule has 3 rings (SSSR count). The van der Waals surface area contributed by atoms with Crippen LogP contribution in [-0.4, -0.2) is 72.2 Å². The van der Waals surface area contributed by atoms with E-state index in [0.717, 1.165) is 23.4 Å². The van der Waals surface area contributed by atoms with E-state index in [4.69, 9.17) is 4.74 Å². The number of benzene rings is 1. The molecule has 0 radical (unpaired) electrons. The molecule has 1 fully saturated rings. The van der Waals surface area contributed by atoms with Gasteiger partial charge in [-0.2, -0.15) is 0 Å². The lowest BCUT2D eigenvalue weighted by molar-refractivity contribution is -0.138. The number of halogens is 1. The van der Waals surface area contributed by atoms with Gasteiger partial charge in [-0.1, -0.05) is 30.0 Å². The molecule has 1 saturated heterocycles. The third-order valence-electron chi connectivity index (χ3n) is 5.93. The van der Waals surface area contributed by atoms with Crippen LogP contribution in [0, 0.1) is 11.7 Å². The number of amides is 2. The molecule has 8 heteroatoms. The van der Waals surface area contributed by atoms with Crippen molar-refractivity contribution in [3.05, 3.63) is 60.0 Å². The maximum atomic E-state index is 13.3. The lowest BCUT2D eigenvalue weighted by Crippen LogP contribution is -2.49. The van der Waals surface area contributed by atoms with Gasteiger partial charge in [-0.3, -0.25) is 9.59 Å². The topological polar surface area (TPSA) is 62.7 Å². The first-order valence-electron chi connectivity index (χ1n) is 10.8. The highest BCUT2D eigenvalue weighted by Crippen LogP contribution is 2.27. The number of likely N-dealkylation sites (N-methyl/N-ethyl adjacent to an activating group) is 1. The Morgan fingerprint density at radius 1 is 1.22 bits per heavy atom. The van der Waals surface area contributed by atoms with E-state index in [-0.39, 0.29) is 36.2 Å². The second-order valence-electron chi connectivity index (χ2n) is 8.01. The molecule has 0 spiro atoms. The molecule has 1 aromatic heterocycles. The number of methoxy groups -OCH3 is 1. The number of pyridine rings is 1. The minimum absolute atomic E-state index is 0.0263. The highest BCUT2D eigenvalue weighted by Gasteiger charge is 2.32. The summed E-state index contributed by atoms with van der Waals surface area (Å²) in [6.45, 7) is 1.36. The van der Waals surface area contributed by atoms with Crippen molar-refractivity contribution in [3.63, 3.8) is 0 Å². The average molecular weight is 460 g/mol. The number of thioether (sulfide) groups is 1. The van der Waals surface area contributed by atoms with Gasteiger partial charge in [0.1, 0.15) is 12.4 Å². The lowest BCUT2D eigenvalue weighted by atomic mass is 9.85. The van der Waals surface area contributed by atoms with E-state index in [9.17, 15) is 14.0 Å². The number of piperidine rings is 1. The summed E-state index contributed by atoms with van der Waals surface area (Å²) in [6, 6.07) is 12.1. The molecule has 1 aromatic carbocycles. The van der Waals surface area contributed by atoms with Crippen LogP contribution in [0.25, 0.3) is 0 Å². The Hall–Kier alpha value is -2.45. The van der Waals surface area contributed by atoms with Crippen molar-refractivity contribution >= 4 is 23.6 Å². The van der Waals surface area contributed by atoms with E-state index in [1.54, 1.807) is 30.3 Å². The van der Waals surface area contributed by atoms with Crippen molar-refractivity contribution in [2.75, 3.05) is 39.6 Å². The van der Waals surface area contributed by atoms with Crippen molar-refractivity contribution in [3.8, 4) is 0 Å². The van der Waals surface area contributed by atoms with Crippen LogP contribution in [0.4, 0.5) is 4.39 Å². The Balaban J connectivity index is 1.60. The molecular formula is C24H30FN3O3S. The Bertz CT molecular complexity index is 874. The number of aromatic nitrogens is 1. The molecule has 32 heavy (non-hydrogen) atoms. The maximum Gasteiger partial charge on any atom is 0.248 e. The number of hydrogen-bond donors (Lipinski definition) is 0. The zero-order valence-corrected chi connectivity index (χ0v) is 19.4. The fourth-order valence-electron chi connectivity index (χ4n) is 4.09. The van der Waals surface area contributed by atoms with Gasteiger partial charge >= 0.3 is 0 Å². The van der Waals surface area contributed by atoms with Crippen LogP contribution < -0.4 is 0 Å². The fourth-order valence-corrected chi connectivity index (χ4v) is 4.85. The molecule has 2 heterocycles. The number of hydrogen-bond acceptors (Lipinski definition) is 5. The summed E-state index contributed by atoms with van der Waals surface area (Å²) >= 11 is 1.45. The number of rotatable bonds is 9. The van der Waals surface area contributed by atoms with Crippen molar-refractivity contribution in [1.29, 1.82) is 0 Å². The van der Waals surface area contributed by atoms with Crippen LogP contribution in [-0.2, 0) is 20.7 Å². The smallest absolute Gasteiger partial charge is 0.248 e. The van der Waals surface area contributed by atoms with Gasteiger partial charge in [0.25, 0.3) is 0 Å². The third-order valence-corrected chi connectivity index (χ3v) is 6.86. The number of nitrogens with zero attached hydrogens (tertiary/aromatic N) is 3. The van der Waals surface area contributed by atoms with Gasteiger partial charge in [0.15, 0.2) is 0 Å². The lowest BCUT2D eigenvalue weighted by Gasteiger charge is -2.40. The number of carbonyl (C=O) groups excluding carboxylic acids is 2. The molecule has 0 unspecified atom stereocenters. The van der Waals surface area contributed by atoms with Crippen molar-refractivity contribution in [1.82, 2.24) is 14.8 Å². The highest BCUT2D eigenvalue weighted by molar-refractivity contribution is 7.99. The van der Waals surface area contributed by atoms with Crippen LogP contribution in [0.3, 0.4) is 0 Å². The fraction of sp³-hybridized carbons (Fsp3) is 0.458. The minimum Gasteiger partial charge on any atom is -0.375 e. The van der Waals surface area contributed by atoms with E-state index in [0.29, 0.717) is 25.3 Å². The predicted octanol–water partition coefficient (Wildman–Crippen LogP) is 3.27. The van der Waals surface area contributed by atoms with Crippen LogP contribution in [0.1, 0.15) is 18.4 Å². The summed E-state index contributed by atoms with van der Waals surface area (Å²) < 4.78 is 18.4. The molecule has 2 aromatic rings. The van der Waals surface area contributed by atoms with Crippen LogP contribution in [0.2, 0.25) is 0 Å². The van der Waals surface area contributed by atoms with Crippen molar-refractivity contribution < 1.29 is 18.7 Å². The molecule has 1 aliphatic heterocycles. The highest BCUT2D eigenvalue weighted by atomic mass is 32.2. The van der Waals surface area contributed by atoms with E-state index < -0.39 is 0 Å². The first-order valence-corrected chi connectivity index (χ1v) is 11.8. The van der Waals surface area contributed by atoms with E-state index in [2.05, 4.69) is 4.98 Å². The molecule has 0 N–H and O–H groups in total. The zero-order chi connectivity index (χ0) is 22.9. The number of ether oxygens (including phenoxy) is 1. The second kappa shape index (κ2) is 12.0. The monoisotopic (exact) mass is 459 g/mol. The summed E-state index contributed by atoms with van der Waals surface area (Å²) in [5.74, 6) is 0.373. The first-order chi connectivity index (χ1) is 15.5. The van der Waals surface area contributed by atoms with Crippen molar-refractivity contribution in [2.45, 2.75) is 30.3 Å². The van der Waals surface area contributed by atoms with Crippen molar-refractivity contribution in [2.24, 2.45) is 5.92 Å². The van der Waals surface area contributed by atoms with Gasteiger partial charge in [0, 0.05) is 39.5 Å². The van der Waals surface area contributed by atoms with Crippen LogP contribution >= 0.6 is 11.8 Å². The summed E-state index contributed by atoms with van der Waals surface area (Å²) in [6.07, 6.45) is 3.99. The van der Waals surface area contributed by atoms with Gasteiger partial charge in [0.2, 0.25) is 11.8 Å². The standard InChI is InChI=1S/C24H30FN3O3S/c1-27(23(29)16-31-2)21(15-18-6-8-20(25)9-7-18)19-10-13-28(14-11-19)24(30)17-32-22-5-3-4-12-26-22/h3-9,12,19,21H,10-11,13-17H2,1-2H3/t21-/m1/s1. The van der Waals surface area contributed by atoms with Crippen LogP contribution in [0.15, 0.2) is 53.7 Å². The largest absolute Gasteiger partial charge is 0.375 e. The Labute approximate surface area is 193 Å². The summed E-state index contributed by atoms with van der Waals surface area (Å²) in [4.78, 5) is 33.1. The second-order valence-corrected chi connectivity index (χ2v) is 9.01. The molecular weight excluding hydrogens is 429 g/mol. The molecule has 6 nitrogen and oxygen atoms in total. The van der Waals surface area contributed by atoms with E-state index in [1.165, 1.54) is 31.0 Å². The Kier molecular flexibility index (Phi) is 9.05. The quantitative estimate of drug-likeness (QED) is 0.539. The van der Waals surface area contributed by atoms with Gasteiger partial charge in [0.05, 0.1) is 10.8 Å². The normalized spacial score (nSPS) is 15.4. The minimum atomic E-state index is -0.274. The summed E-state index contributed by atoms with van der Waals surface area (Å²) in [7, 11) is 3.31. The molecule has 172 valence electrons. The van der Waals surface area contributed by atoms with Crippen LogP contribution in [0.5, 0.6) is 0 Å². The number of carbonyl (C=O) groups is 2. The Morgan fingerprint density at radius 2 is 1.94 bits per heavy atom. The summed E-state index contributed by atoms with van der Waals surface area (Å²) in [5.41, 5.74) is 0.985.